The van der Waals surface area contributed by atoms with Crippen molar-refractivity contribution >= 4 is 17.3 Å². The highest BCUT2D eigenvalue weighted by molar-refractivity contribution is 6.16. The van der Waals surface area contributed by atoms with E-state index in [0.29, 0.717) is 11.8 Å². The fourth-order valence-corrected chi connectivity index (χ4v) is 1.48. The van der Waals surface area contributed by atoms with Crippen molar-refractivity contribution in [2.45, 2.75) is 5.88 Å². The Morgan fingerprint density at radius 1 is 1.44 bits per heavy atom. The Morgan fingerprint density at radius 2 is 2.17 bits per heavy atom. The smallest absolute Gasteiger partial charge is 0.308 e. The summed E-state index contributed by atoms with van der Waals surface area (Å²) in [6.07, 6.45) is 1.17. The molecule has 94 valence electrons. The highest BCUT2D eigenvalue weighted by Gasteiger charge is 2.23. The number of hydrogen-bond acceptors (Lipinski definition) is 4. The minimum Gasteiger partial charge on any atom is -0.444 e. The molecule has 0 radical (unpaired) electrons. The number of alkyl halides is 1. The second-order valence-electron chi connectivity index (χ2n) is 3.32. The van der Waals surface area contributed by atoms with Crippen LogP contribution in [0.2, 0.25) is 0 Å². The third-order valence-electron chi connectivity index (χ3n) is 2.13. The van der Waals surface area contributed by atoms with Gasteiger partial charge in [-0.1, -0.05) is 0 Å². The molecule has 0 atom stereocenters. The van der Waals surface area contributed by atoms with Crippen LogP contribution in [0.3, 0.4) is 0 Å². The maximum Gasteiger partial charge on any atom is 0.308 e. The summed E-state index contributed by atoms with van der Waals surface area (Å²) >= 11 is 5.48. The maximum atomic E-state index is 13.8. The Kier molecular flexibility index (Phi) is 3.24. The monoisotopic (exact) mass is 274 g/mol. The molecule has 1 aromatic carbocycles. The molecule has 0 aliphatic rings. The molecule has 0 aliphatic carbocycles. The number of benzene rings is 1. The standard InChI is InChI=1S/C10H5ClF2N2O3/c11-3-6-4-18-10(14-6)7-1-5(12)2-8(9(7)13)15(16)17/h1-2,4H,3H2. The predicted octanol–water partition coefficient (Wildman–Crippen LogP) is 3.27. The van der Waals surface area contributed by atoms with Crippen LogP contribution >= 0.6 is 11.6 Å². The van der Waals surface area contributed by atoms with Gasteiger partial charge in [0, 0.05) is 0 Å². The van der Waals surface area contributed by atoms with Gasteiger partial charge in [-0.05, 0) is 6.07 Å². The summed E-state index contributed by atoms with van der Waals surface area (Å²) in [5.41, 5.74) is -1.08. The predicted molar refractivity (Wildman–Crippen MR) is 58.1 cm³/mol. The molecule has 5 nitrogen and oxygen atoms in total. The molecule has 2 aromatic rings. The van der Waals surface area contributed by atoms with Gasteiger partial charge in [0.1, 0.15) is 12.1 Å². The third-order valence-corrected chi connectivity index (χ3v) is 2.41. The highest BCUT2D eigenvalue weighted by atomic mass is 35.5. The zero-order valence-electron chi connectivity index (χ0n) is 8.69. The fraction of sp³-hybridized carbons (Fsp3) is 0.100. The topological polar surface area (TPSA) is 69.2 Å². The van der Waals surface area contributed by atoms with Gasteiger partial charge in [0.25, 0.3) is 0 Å². The lowest BCUT2D eigenvalue weighted by molar-refractivity contribution is -0.387. The molecule has 2 rings (SSSR count). The Morgan fingerprint density at radius 3 is 2.72 bits per heavy atom. The number of nitro groups is 1. The van der Waals surface area contributed by atoms with E-state index >= 15 is 0 Å². The van der Waals surface area contributed by atoms with E-state index in [1.54, 1.807) is 0 Å². The van der Waals surface area contributed by atoms with Crippen LogP contribution in [0.1, 0.15) is 5.69 Å². The van der Waals surface area contributed by atoms with Crippen LogP contribution in [-0.4, -0.2) is 9.91 Å². The van der Waals surface area contributed by atoms with Gasteiger partial charge in [-0.15, -0.1) is 11.6 Å². The SMILES string of the molecule is O=[N+]([O-])c1cc(F)cc(-c2nc(CCl)co2)c1F. The van der Waals surface area contributed by atoms with Crippen molar-refractivity contribution in [1.29, 1.82) is 0 Å². The first-order valence-electron chi connectivity index (χ1n) is 4.67. The second-order valence-corrected chi connectivity index (χ2v) is 3.59. The van der Waals surface area contributed by atoms with E-state index in [4.69, 9.17) is 16.0 Å². The molecule has 18 heavy (non-hydrogen) atoms. The van der Waals surface area contributed by atoms with E-state index in [9.17, 15) is 18.9 Å². The fourth-order valence-electron chi connectivity index (χ4n) is 1.36. The van der Waals surface area contributed by atoms with Crippen LogP contribution in [0.25, 0.3) is 11.5 Å². The van der Waals surface area contributed by atoms with Crippen molar-refractivity contribution in [3.05, 3.63) is 45.8 Å². The zero-order valence-corrected chi connectivity index (χ0v) is 9.45. The summed E-state index contributed by atoms with van der Waals surface area (Å²) in [5, 5.41) is 10.5. The molecule has 0 unspecified atom stereocenters. The van der Waals surface area contributed by atoms with Crippen LogP contribution in [0.15, 0.2) is 22.8 Å². The van der Waals surface area contributed by atoms with Crippen LogP contribution in [0.4, 0.5) is 14.5 Å². The minimum atomic E-state index is -1.20. The van der Waals surface area contributed by atoms with Gasteiger partial charge in [-0.25, -0.2) is 9.37 Å². The average Bonchev–Trinajstić information content (AvgIpc) is 2.79. The number of nitrogens with zero attached hydrogens (tertiary/aromatic N) is 2. The van der Waals surface area contributed by atoms with Gasteiger partial charge < -0.3 is 4.42 Å². The van der Waals surface area contributed by atoms with E-state index in [1.165, 1.54) is 6.26 Å². The van der Waals surface area contributed by atoms with Crippen molar-refractivity contribution in [3.63, 3.8) is 0 Å². The molecule has 0 N–H and O–H groups in total. The van der Waals surface area contributed by atoms with Crippen molar-refractivity contribution in [3.8, 4) is 11.5 Å². The van der Waals surface area contributed by atoms with E-state index < -0.39 is 27.8 Å². The van der Waals surface area contributed by atoms with E-state index in [2.05, 4.69) is 4.98 Å². The highest BCUT2D eigenvalue weighted by Crippen LogP contribution is 2.30. The average molecular weight is 275 g/mol. The Bertz CT molecular complexity index is 615. The summed E-state index contributed by atoms with van der Waals surface area (Å²) in [4.78, 5) is 13.3. The largest absolute Gasteiger partial charge is 0.444 e. The first kappa shape index (κ1) is 12.4. The molecular weight excluding hydrogens is 270 g/mol. The quantitative estimate of drug-likeness (QED) is 0.489. The first-order valence-corrected chi connectivity index (χ1v) is 5.20. The van der Waals surface area contributed by atoms with E-state index in [1.807, 2.05) is 0 Å². The summed E-state index contributed by atoms with van der Waals surface area (Å²) in [6.45, 7) is 0. The van der Waals surface area contributed by atoms with Crippen molar-refractivity contribution in [2.75, 3.05) is 0 Å². The Balaban J connectivity index is 2.60. The number of rotatable bonds is 3. The molecule has 0 saturated heterocycles. The van der Waals surface area contributed by atoms with Gasteiger partial charge in [0.05, 0.1) is 28.1 Å². The summed E-state index contributed by atoms with van der Waals surface area (Å²) in [7, 11) is 0. The molecular formula is C10H5ClF2N2O3. The molecule has 0 aliphatic heterocycles. The van der Waals surface area contributed by atoms with Gasteiger partial charge in [0.15, 0.2) is 0 Å². The lowest BCUT2D eigenvalue weighted by Gasteiger charge is -2.00. The molecule has 8 heteroatoms. The molecule has 0 spiro atoms. The lowest BCUT2D eigenvalue weighted by atomic mass is 10.2. The molecule has 1 aromatic heterocycles. The lowest BCUT2D eigenvalue weighted by Crippen LogP contribution is -1.97. The Hall–Kier alpha value is -2.02. The maximum absolute atomic E-state index is 13.8. The minimum absolute atomic E-state index is 0.0303. The number of oxazole rings is 1. The summed E-state index contributed by atoms with van der Waals surface area (Å²) < 4.78 is 31.8. The molecule has 1 heterocycles. The van der Waals surface area contributed by atoms with Crippen LogP contribution in [0.5, 0.6) is 0 Å². The van der Waals surface area contributed by atoms with Crippen LogP contribution < -0.4 is 0 Å². The number of hydrogen-bond donors (Lipinski definition) is 0. The zero-order chi connectivity index (χ0) is 13.3. The molecule has 0 fully saturated rings. The normalized spacial score (nSPS) is 10.6. The van der Waals surface area contributed by atoms with Crippen molar-refractivity contribution in [2.24, 2.45) is 0 Å². The number of aromatic nitrogens is 1. The van der Waals surface area contributed by atoms with Crippen molar-refractivity contribution in [1.82, 2.24) is 4.98 Å². The van der Waals surface area contributed by atoms with Gasteiger partial charge in [-0.3, -0.25) is 10.1 Å². The van der Waals surface area contributed by atoms with E-state index in [0.717, 1.165) is 6.07 Å². The summed E-state index contributed by atoms with van der Waals surface area (Å²) in [5.74, 6) is -2.39. The van der Waals surface area contributed by atoms with Gasteiger partial charge in [-0.2, -0.15) is 4.39 Å². The first-order chi connectivity index (χ1) is 8.52. The third kappa shape index (κ3) is 2.17. The van der Waals surface area contributed by atoms with Crippen LogP contribution in [-0.2, 0) is 5.88 Å². The molecule has 0 amide bonds. The van der Waals surface area contributed by atoms with Crippen LogP contribution in [0, 0.1) is 21.7 Å². The molecule has 0 bridgehead atoms. The Labute approximate surface area is 104 Å². The molecule has 0 saturated carbocycles. The summed E-state index contributed by atoms with van der Waals surface area (Å²) in [6, 6.07) is 1.26. The number of halogens is 3. The van der Waals surface area contributed by atoms with Crippen molar-refractivity contribution < 1.29 is 18.1 Å². The number of nitro benzene ring substituents is 1. The second kappa shape index (κ2) is 4.69. The van der Waals surface area contributed by atoms with Gasteiger partial charge >= 0.3 is 5.69 Å². The van der Waals surface area contributed by atoms with Gasteiger partial charge in [0.2, 0.25) is 11.7 Å². The van der Waals surface area contributed by atoms with E-state index in [-0.39, 0.29) is 11.8 Å².